The van der Waals surface area contributed by atoms with E-state index in [-0.39, 0.29) is 18.3 Å². The average Bonchev–Trinajstić information content (AvgIpc) is 3.23. The predicted molar refractivity (Wildman–Crippen MR) is 108 cm³/mol. The number of amides is 1. The normalized spacial score (nSPS) is 11.4. The largest absolute Gasteiger partial charge is 0.380 e. The molecule has 0 aliphatic heterocycles. The summed E-state index contributed by atoms with van der Waals surface area (Å²) in [5.41, 5.74) is 1.54. The number of carbonyl (C=O) groups is 1. The maximum Gasteiger partial charge on any atom is 0.264 e. The highest BCUT2D eigenvalue weighted by molar-refractivity contribution is 7.21. The number of ether oxygens (including phenoxy) is 1. The number of rotatable bonds is 5. The number of fused-ring (bicyclic) bond motifs is 2. The fourth-order valence-corrected chi connectivity index (χ4v) is 5.30. The lowest BCUT2D eigenvalue weighted by molar-refractivity contribution is 0.0785. The van der Waals surface area contributed by atoms with Crippen molar-refractivity contribution in [2.75, 3.05) is 14.2 Å². The van der Waals surface area contributed by atoms with Gasteiger partial charge in [0.25, 0.3) is 5.91 Å². The standard InChI is InChI=1S/C20H17FN2O2S2/c1-23(10-17-22-14-7-3-4-8-15(14)26-17)20(24)19-12(11-25-2)18-13(21)6-5-9-16(18)27-19/h3-9H,10-11H2,1-2H3. The molecule has 4 rings (SSSR count). The van der Waals surface area contributed by atoms with Crippen molar-refractivity contribution in [1.82, 2.24) is 9.88 Å². The van der Waals surface area contributed by atoms with Gasteiger partial charge in [0.2, 0.25) is 0 Å². The Bertz CT molecular complexity index is 1100. The molecular formula is C20H17FN2O2S2. The monoisotopic (exact) mass is 400 g/mol. The number of methoxy groups -OCH3 is 1. The number of aromatic nitrogens is 1. The zero-order valence-corrected chi connectivity index (χ0v) is 16.5. The number of hydrogen-bond donors (Lipinski definition) is 0. The Balaban J connectivity index is 1.67. The van der Waals surface area contributed by atoms with E-state index in [1.807, 2.05) is 30.3 Å². The van der Waals surface area contributed by atoms with Gasteiger partial charge in [-0.2, -0.15) is 0 Å². The molecule has 0 aliphatic rings. The van der Waals surface area contributed by atoms with Crippen molar-refractivity contribution in [2.24, 2.45) is 0 Å². The fraction of sp³-hybridized carbons (Fsp3) is 0.200. The molecule has 0 radical (unpaired) electrons. The minimum Gasteiger partial charge on any atom is -0.380 e. The topological polar surface area (TPSA) is 42.4 Å². The Morgan fingerprint density at radius 2 is 1.93 bits per heavy atom. The molecule has 2 aromatic carbocycles. The van der Waals surface area contributed by atoms with Crippen LogP contribution in [0.5, 0.6) is 0 Å². The summed E-state index contributed by atoms with van der Waals surface area (Å²) in [7, 11) is 3.29. The minimum absolute atomic E-state index is 0.151. The van der Waals surface area contributed by atoms with Crippen LogP contribution in [0.4, 0.5) is 4.39 Å². The molecule has 2 heterocycles. The van der Waals surface area contributed by atoms with Crippen LogP contribution in [-0.4, -0.2) is 29.9 Å². The molecule has 0 bridgehead atoms. The fourth-order valence-electron chi connectivity index (χ4n) is 3.06. The van der Waals surface area contributed by atoms with Crippen molar-refractivity contribution in [2.45, 2.75) is 13.2 Å². The summed E-state index contributed by atoms with van der Waals surface area (Å²) in [4.78, 5) is 19.8. The lowest BCUT2D eigenvalue weighted by atomic mass is 10.1. The molecule has 0 saturated carbocycles. The van der Waals surface area contributed by atoms with Gasteiger partial charge in [-0.1, -0.05) is 18.2 Å². The van der Waals surface area contributed by atoms with Crippen LogP contribution < -0.4 is 0 Å². The lowest BCUT2D eigenvalue weighted by Gasteiger charge is -2.15. The first-order valence-corrected chi connectivity index (χ1v) is 10.0. The second-order valence-corrected chi connectivity index (χ2v) is 8.36. The molecule has 138 valence electrons. The van der Waals surface area contributed by atoms with E-state index >= 15 is 0 Å². The van der Waals surface area contributed by atoms with Crippen molar-refractivity contribution >= 4 is 48.9 Å². The Kier molecular flexibility index (Phi) is 4.90. The maximum atomic E-state index is 14.3. The van der Waals surface area contributed by atoms with E-state index in [4.69, 9.17) is 4.74 Å². The molecule has 2 aromatic heterocycles. The maximum absolute atomic E-state index is 14.3. The lowest BCUT2D eigenvalue weighted by Crippen LogP contribution is -2.26. The molecule has 0 saturated heterocycles. The van der Waals surface area contributed by atoms with Crippen LogP contribution in [0.1, 0.15) is 20.2 Å². The van der Waals surface area contributed by atoms with Crippen molar-refractivity contribution in [1.29, 1.82) is 0 Å². The number of thiophene rings is 1. The first-order valence-electron chi connectivity index (χ1n) is 8.37. The van der Waals surface area contributed by atoms with Crippen molar-refractivity contribution in [3.8, 4) is 0 Å². The number of para-hydroxylation sites is 1. The van der Waals surface area contributed by atoms with Crippen molar-refractivity contribution < 1.29 is 13.9 Å². The molecule has 0 N–H and O–H groups in total. The van der Waals surface area contributed by atoms with Gasteiger partial charge in [-0.3, -0.25) is 4.79 Å². The number of thiazole rings is 1. The Morgan fingerprint density at radius 3 is 2.70 bits per heavy atom. The first-order chi connectivity index (χ1) is 13.1. The number of hydrogen-bond acceptors (Lipinski definition) is 5. The summed E-state index contributed by atoms with van der Waals surface area (Å²) in [6.07, 6.45) is 0. The van der Waals surface area contributed by atoms with Gasteiger partial charge in [0.1, 0.15) is 10.8 Å². The van der Waals surface area contributed by atoms with Gasteiger partial charge < -0.3 is 9.64 Å². The molecule has 0 aliphatic carbocycles. The number of halogens is 1. The highest BCUT2D eigenvalue weighted by atomic mass is 32.1. The summed E-state index contributed by atoms with van der Waals surface area (Å²) < 4.78 is 21.4. The van der Waals surface area contributed by atoms with Crippen LogP contribution in [0.2, 0.25) is 0 Å². The minimum atomic E-state index is -0.330. The van der Waals surface area contributed by atoms with Crippen LogP contribution >= 0.6 is 22.7 Å². The molecule has 4 nitrogen and oxygen atoms in total. The molecular weight excluding hydrogens is 383 g/mol. The zero-order valence-electron chi connectivity index (χ0n) is 14.9. The van der Waals surface area contributed by atoms with Gasteiger partial charge in [-0.05, 0) is 24.3 Å². The Labute approximate surface area is 163 Å². The summed E-state index contributed by atoms with van der Waals surface area (Å²) >= 11 is 2.88. The van der Waals surface area contributed by atoms with Gasteiger partial charge in [0.15, 0.2) is 0 Å². The Hall–Kier alpha value is -2.35. The van der Waals surface area contributed by atoms with E-state index in [0.717, 1.165) is 19.9 Å². The van der Waals surface area contributed by atoms with Crippen LogP contribution in [0.25, 0.3) is 20.3 Å². The molecule has 4 aromatic rings. The molecule has 27 heavy (non-hydrogen) atoms. The first kappa shape index (κ1) is 18.0. The summed E-state index contributed by atoms with van der Waals surface area (Å²) in [5, 5.41) is 1.34. The van der Waals surface area contributed by atoms with Gasteiger partial charge in [-0.25, -0.2) is 9.37 Å². The van der Waals surface area contributed by atoms with Crippen LogP contribution in [0.15, 0.2) is 42.5 Å². The second-order valence-electron chi connectivity index (χ2n) is 6.19. The molecule has 0 atom stereocenters. The van der Waals surface area contributed by atoms with Gasteiger partial charge in [-0.15, -0.1) is 22.7 Å². The Morgan fingerprint density at radius 1 is 1.15 bits per heavy atom. The predicted octanol–water partition coefficient (Wildman–Crippen LogP) is 5.07. The van der Waals surface area contributed by atoms with E-state index < -0.39 is 0 Å². The van der Waals surface area contributed by atoms with E-state index in [1.54, 1.807) is 36.5 Å². The van der Waals surface area contributed by atoms with Gasteiger partial charge >= 0.3 is 0 Å². The summed E-state index contributed by atoms with van der Waals surface area (Å²) in [6.45, 7) is 0.596. The second kappa shape index (κ2) is 7.34. The van der Waals surface area contributed by atoms with Gasteiger partial charge in [0, 0.05) is 29.8 Å². The van der Waals surface area contributed by atoms with E-state index in [9.17, 15) is 9.18 Å². The van der Waals surface area contributed by atoms with E-state index in [0.29, 0.717) is 22.4 Å². The van der Waals surface area contributed by atoms with Gasteiger partial charge in [0.05, 0.1) is 28.2 Å². The molecule has 0 unspecified atom stereocenters. The van der Waals surface area contributed by atoms with Crippen LogP contribution in [0, 0.1) is 5.82 Å². The SMILES string of the molecule is COCc1c(C(=O)N(C)Cc2nc3ccccc3s2)sc2cccc(F)c12. The van der Waals surface area contributed by atoms with Crippen LogP contribution in [-0.2, 0) is 17.9 Å². The number of nitrogens with zero attached hydrogens (tertiary/aromatic N) is 2. The number of benzene rings is 2. The quantitative estimate of drug-likeness (QED) is 0.470. The molecule has 7 heteroatoms. The number of carbonyl (C=O) groups excluding carboxylic acids is 1. The third-order valence-electron chi connectivity index (χ3n) is 4.30. The third-order valence-corrected chi connectivity index (χ3v) is 6.51. The van der Waals surface area contributed by atoms with Crippen LogP contribution in [0.3, 0.4) is 0 Å². The smallest absolute Gasteiger partial charge is 0.264 e. The summed E-state index contributed by atoms with van der Waals surface area (Å²) in [6, 6.07) is 12.8. The van der Waals surface area contributed by atoms with E-state index in [1.165, 1.54) is 17.4 Å². The summed E-state index contributed by atoms with van der Waals surface area (Å²) in [5.74, 6) is -0.481. The molecule has 1 amide bonds. The molecule has 0 spiro atoms. The molecule has 0 fully saturated rings. The highest BCUT2D eigenvalue weighted by Gasteiger charge is 2.23. The van der Waals surface area contributed by atoms with E-state index in [2.05, 4.69) is 4.98 Å². The van der Waals surface area contributed by atoms with Crippen molar-refractivity contribution in [3.63, 3.8) is 0 Å². The van der Waals surface area contributed by atoms with Crippen molar-refractivity contribution in [3.05, 3.63) is 63.7 Å². The third kappa shape index (κ3) is 3.34. The zero-order chi connectivity index (χ0) is 19.0. The average molecular weight is 401 g/mol. The highest BCUT2D eigenvalue weighted by Crippen LogP contribution is 2.34.